The summed E-state index contributed by atoms with van der Waals surface area (Å²) < 4.78 is 5.30. The number of rotatable bonds is 3. The maximum atomic E-state index is 11.2. The Labute approximate surface area is 100 Å². The molecule has 0 atom stereocenters. The quantitative estimate of drug-likeness (QED) is 0.765. The van der Waals surface area contributed by atoms with Gasteiger partial charge in [0.25, 0.3) is 0 Å². The summed E-state index contributed by atoms with van der Waals surface area (Å²) in [6.45, 7) is 1.94. The smallest absolute Gasteiger partial charge is 0.248 e. The molecule has 2 rings (SSSR count). The standard InChI is InChI=1S/C12H17N3O2/c1-17-10-7-8(12(14)16)6-9(13)11(10)15-4-2-3-5-15/h6-7H,2-5,13H2,1H3,(H2,14,16). The van der Waals surface area contributed by atoms with Crippen molar-refractivity contribution in [2.45, 2.75) is 12.8 Å². The molecule has 0 unspecified atom stereocenters. The second-order valence-electron chi connectivity index (χ2n) is 4.17. The maximum Gasteiger partial charge on any atom is 0.248 e. The molecule has 1 aliphatic heterocycles. The van der Waals surface area contributed by atoms with Crippen molar-refractivity contribution in [1.82, 2.24) is 0 Å². The molecule has 1 aromatic rings. The van der Waals surface area contributed by atoms with Crippen LogP contribution >= 0.6 is 0 Å². The Kier molecular flexibility index (Phi) is 3.08. The number of amides is 1. The molecule has 1 aliphatic rings. The molecule has 1 amide bonds. The first-order valence-corrected chi connectivity index (χ1v) is 5.65. The topological polar surface area (TPSA) is 81.6 Å². The van der Waals surface area contributed by atoms with Crippen molar-refractivity contribution in [1.29, 1.82) is 0 Å². The first-order valence-electron chi connectivity index (χ1n) is 5.65. The highest BCUT2D eigenvalue weighted by Gasteiger charge is 2.20. The van der Waals surface area contributed by atoms with Gasteiger partial charge in [-0.2, -0.15) is 0 Å². The van der Waals surface area contributed by atoms with E-state index in [2.05, 4.69) is 4.90 Å². The number of carbonyl (C=O) groups excluding carboxylic acids is 1. The van der Waals surface area contributed by atoms with Crippen molar-refractivity contribution < 1.29 is 9.53 Å². The van der Waals surface area contributed by atoms with Gasteiger partial charge in [0, 0.05) is 18.7 Å². The van der Waals surface area contributed by atoms with Gasteiger partial charge in [0.2, 0.25) is 5.91 Å². The van der Waals surface area contributed by atoms with Crippen molar-refractivity contribution >= 4 is 17.3 Å². The first-order chi connectivity index (χ1) is 8.13. The molecule has 1 saturated heterocycles. The molecule has 5 heteroatoms. The number of benzene rings is 1. The summed E-state index contributed by atoms with van der Waals surface area (Å²) in [5.74, 6) is 0.115. The minimum atomic E-state index is -0.497. The van der Waals surface area contributed by atoms with Crippen LogP contribution in [0.5, 0.6) is 5.75 Å². The van der Waals surface area contributed by atoms with E-state index in [0.29, 0.717) is 17.0 Å². The molecule has 5 nitrogen and oxygen atoms in total. The molecular formula is C12H17N3O2. The van der Waals surface area contributed by atoms with E-state index in [4.69, 9.17) is 16.2 Å². The molecule has 1 aromatic carbocycles. The Morgan fingerprint density at radius 3 is 2.53 bits per heavy atom. The lowest BCUT2D eigenvalue weighted by molar-refractivity contribution is 0.1000. The molecule has 92 valence electrons. The van der Waals surface area contributed by atoms with Crippen LogP contribution in [0.4, 0.5) is 11.4 Å². The van der Waals surface area contributed by atoms with E-state index in [1.54, 1.807) is 19.2 Å². The molecule has 0 bridgehead atoms. The molecule has 0 spiro atoms. The van der Waals surface area contributed by atoms with Crippen LogP contribution in [0.3, 0.4) is 0 Å². The zero-order valence-electron chi connectivity index (χ0n) is 9.90. The number of primary amides is 1. The zero-order chi connectivity index (χ0) is 12.4. The van der Waals surface area contributed by atoms with E-state index >= 15 is 0 Å². The molecule has 17 heavy (non-hydrogen) atoms. The monoisotopic (exact) mass is 235 g/mol. The third-order valence-electron chi connectivity index (χ3n) is 3.03. The summed E-state index contributed by atoms with van der Waals surface area (Å²) in [6, 6.07) is 3.25. The van der Waals surface area contributed by atoms with E-state index in [9.17, 15) is 4.79 Å². The summed E-state index contributed by atoms with van der Waals surface area (Å²) in [4.78, 5) is 13.3. The van der Waals surface area contributed by atoms with Crippen LogP contribution in [-0.2, 0) is 0 Å². The fraction of sp³-hybridized carbons (Fsp3) is 0.417. The number of nitrogen functional groups attached to an aromatic ring is 1. The lowest BCUT2D eigenvalue weighted by Crippen LogP contribution is -2.21. The lowest BCUT2D eigenvalue weighted by atomic mass is 10.1. The molecule has 0 aliphatic carbocycles. The van der Waals surface area contributed by atoms with Crippen LogP contribution in [0.15, 0.2) is 12.1 Å². The fourth-order valence-electron chi connectivity index (χ4n) is 2.21. The highest BCUT2D eigenvalue weighted by atomic mass is 16.5. The summed E-state index contributed by atoms with van der Waals surface area (Å²) >= 11 is 0. The molecule has 0 saturated carbocycles. The Bertz CT molecular complexity index is 440. The van der Waals surface area contributed by atoms with Crippen molar-refractivity contribution in [2.24, 2.45) is 5.73 Å². The summed E-state index contributed by atoms with van der Waals surface area (Å²) in [6.07, 6.45) is 2.31. The van der Waals surface area contributed by atoms with Gasteiger partial charge in [0.05, 0.1) is 12.8 Å². The average Bonchev–Trinajstić information content (AvgIpc) is 2.80. The van der Waals surface area contributed by atoms with Gasteiger partial charge in [-0.1, -0.05) is 0 Å². The first kappa shape index (κ1) is 11.6. The molecule has 0 radical (unpaired) electrons. The van der Waals surface area contributed by atoms with Crippen LogP contribution in [-0.4, -0.2) is 26.1 Å². The number of methoxy groups -OCH3 is 1. The van der Waals surface area contributed by atoms with Crippen molar-refractivity contribution in [3.63, 3.8) is 0 Å². The second kappa shape index (κ2) is 4.53. The van der Waals surface area contributed by atoms with Crippen LogP contribution in [0.2, 0.25) is 0 Å². The largest absolute Gasteiger partial charge is 0.494 e. The van der Waals surface area contributed by atoms with Crippen LogP contribution < -0.4 is 21.1 Å². The SMILES string of the molecule is COc1cc(C(N)=O)cc(N)c1N1CCCC1. The van der Waals surface area contributed by atoms with Gasteiger partial charge in [0.15, 0.2) is 0 Å². The lowest BCUT2D eigenvalue weighted by Gasteiger charge is -2.22. The van der Waals surface area contributed by atoms with Gasteiger partial charge in [-0.3, -0.25) is 4.79 Å². The van der Waals surface area contributed by atoms with Crippen molar-refractivity contribution in [3.05, 3.63) is 17.7 Å². The second-order valence-corrected chi connectivity index (χ2v) is 4.17. The van der Waals surface area contributed by atoms with Crippen LogP contribution in [0.25, 0.3) is 0 Å². The Hall–Kier alpha value is -1.91. The number of carbonyl (C=O) groups is 1. The molecule has 1 heterocycles. The molecular weight excluding hydrogens is 218 g/mol. The van der Waals surface area contributed by atoms with Gasteiger partial charge in [-0.25, -0.2) is 0 Å². The Morgan fingerprint density at radius 1 is 1.35 bits per heavy atom. The summed E-state index contributed by atoms with van der Waals surface area (Å²) in [7, 11) is 1.57. The molecule has 4 N–H and O–H groups in total. The number of hydrogen-bond donors (Lipinski definition) is 2. The highest BCUT2D eigenvalue weighted by Crippen LogP contribution is 2.37. The minimum absolute atomic E-state index is 0.377. The van der Waals surface area contributed by atoms with E-state index in [1.807, 2.05) is 0 Å². The highest BCUT2D eigenvalue weighted by molar-refractivity contribution is 5.96. The number of nitrogens with two attached hydrogens (primary N) is 2. The van der Waals surface area contributed by atoms with Crippen LogP contribution in [0, 0.1) is 0 Å². The maximum absolute atomic E-state index is 11.2. The zero-order valence-corrected chi connectivity index (χ0v) is 9.90. The molecule has 0 aromatic heterocycles. The summed E-state index contributed by atoms with van der Waals surface area (Å²) in [5, 5.41) is 0. The van der Waals surface area contributed by atoms with Crippen molar-refractivity contribution in [2.75, 3.05) is 30.8 Å². The third kappa shape index (κ3) is 2.13. The summed E-state index contributed by atoms with van der Waals surface area (Å²) in [5.41, 5.74) is 13.0. The molecule has 1 fully saturated rings. The number of anilines is 2. The number of nitrogens with zero attached hydrogens (tertiary/aromatic N) is 1. The van der Waals surface area contributed by atoms with E-state index in [1.165, 1.54) is 0 Å². The van der Waals surface area contributed by atoms with Gasteiger partial charge in [0.1, 0.15) is 11.4 Å². The average molecular weight is 235 g/mol. The number of ether oxygens (including phenoxy) is 1. The predicted molar refractivity (Wildman–Crippen MR) is 67.4 cm³/mol. The Balaban J connectivity index is 2.46. The van der Waals surface area contributed by atoms with E-state index < -0.39 is 5.91 Å². The predicted octanol–water partition coefficient (Wildman–Crippen LogP) is 0.977. The number of hydrogen-bond acceptors (Lipinski definition) is 4. The van der Waals surface area contributed by atoms with Crippen LogP contribution in [0.1, 0.15) is 23.2 Å². The fourth-order valence-corrected chi connectivity index (χ4v) is 2.21. The van der Waals surface area contributed by atoms with Gasteiger partial charge in [-0.15, -0.1) is 0 Å². The normalized spacial score (nSPS) is 15.0. The van der Waals surface area contributed by atoms with Gasteiger partial charge < -0.3 is 21.1 Å². The van der Waals surface area contributed by atoms with Gasteiger partial charge in [-0.05, 0) is 25.0 Å². The van der Waals surface area contributed by atoms with E-state index in [0.717, 1.165) is 31.6 Å². The third-order valence-corrected chi connectivity index (χ3v) is 3.03. The van der Waals surface area contributed by atoms with E-state index in [-0.39, 0.29) is 0 Å². The minimum Gasteiger partial charge on any atom is -0.494 e. The van der Waals surface area contributed by atoms with Gasteiger partial charge >= 0.3 is 0 Å². The Morgan fingerprint density at radius 2 is 2.00 bits per heavy atom. The van der Waals surface area contributed by atoms with Crippen molar-refractivity contribution in [3.8, 4) is 5.75 Å².